The number of aromatic nitrogens is 3. The van der Waals surface area contributed by atoms with Crippen LogP contribution in [0.5, 0.6) is 0 Å². The molecule has 0 fully saturated rings. The van der Waals surface area contributed by atoms with Crippen LogP contribution in [0.15, 0.2) is 15.7 Å². The van der Waals surface area contributed by atoms with Crippen LogP contribution in [0.1, 0.15) is 23.0 Å². The van der Waals surface area contributed by atoms with Gasteiger partial charge in [0.05, 0.1) is 5.39 Å². The number of aryl methyl sites for hydroxylation is 1. The zero-order chi connectivity index (χ0) is 15.7. The first-order valence-electron chi connectivity index (χ1n) is 5.97. The van der Waals surface area contributed by atoms with Crippen molar-refractivity contribution in [1.82, 2.24) is 20.3 Å². The zero-order valence-electron chi connectivity index (χ0n) is 11.2. The van der Waals surface area contributed by atoms with Gasteiger partial charge in [-0.3, -0.25) is 24.4 Å². The van der Waals surface area contributed by atoms with E-state index >= 15 is 0 Å². The van der Waals surface area contributed by atoms with Crippen molar-refractivity contribution >= 4 is 22.9 Å². The van der Waals surface area contributed by atoms with E-state index in [1.807, 2.05) is 0 Å². The minimum absolute atomic E-state index is 0.0307. The Kier molecular flexibility index (Phi) is 3.57. The molecule has 2 rings (SSSR count). The van der Waals surface area contributed by atoms with E-state index in [4.69, 9.17) is 5.11 Å². The number of carbonyl (C=O) groups is 2. The predicted octanol–water partition coefficient (Wildman–Crippen LogP) is -0.877. The van der Waals surface area contributed by atoms with E-state index in [1.165, 1.54) is 13.0 Å². The summed E-state index contributed by atoms with van der Waals surface area (Å²) in [7, 11) is 0. The number of carbonyl (C=O) groups excluding carboxylic acids is 1. The molecule has 9 nitrogen and oxygen atoms in total. The Labute approximate surface area is 117 Å². The van der Waals surface area contributed by atoms with E-state index in [0.717, 1.165) is 0 Å². The topological polar surface area (TPSA) is 145 Å². The SMILES string of the molecule is Cc1cc(C(=O)NC(C)C(=O)O)nc2[nH]c(=O)[nH]c(=O)c12. The molecule has 0 radical (unpaired) electrons. The molecule has 4 N–H and O–H groups in total. The molecule has 9 heteroatoms. The molecule has 0 saturated heterocycles. The van der Waals surface area contributed by atoms with Gasteiger partial charge in [0.2, 0.25) is 0 Å². The normalized spacial score (nSPS) is 12.1. The molecule has 2 aromatic rings. The lowest BCUT2D eigenvalue weighted by atomic mass is 10.1. The van der Waals surface area contributed by atoms with Gasteiger partial charge >= 0.3 is 11.7 Å². The van der Waals surface area contributed by atoms with Crippen molar-refractivity contribution in [3.63, 3.8) is 0 Å². The molecular weight excluding hydrogens is 280 g/mol. The van der Waals surface area contributed by atoms with Gasteiger partial charge < -0.3 is 10.4 Å². The average Bonchev–Trinajstić information content (AvgIpc) is 2.36. The van der Waals surface area contributed by atoms with Gasteiger partial charge in [0.25, 0.3) is 11.5 Å². The van der Waals surface area contributed by atoms with E-state index in [0.29, 0.717) is 5.56 Å². The molecule has 1 unspecified atom stereocenters. The van der Waals surface area contributed by atoms with Gasteiger partial charge in [-0.2, -0.15) is 0 Å². The molecule has 0 aliphatic carbocycles. The third-order valence-electron chi connectivity index (χ3n) is 2.85. The number of aromatic amines is 2. The highest BCUT2D eigenvalue weighted by molar-refractivity contribution is 5.97. The standard InChI is InChI=1S/C12H12N4O5/c1-4-3-6(9(17)13-5(2)11(19)20)14-8-7(4)10(18)16-12(21)15-8/h3,5H,1-2H3,(H,13,17)(H,19,20)(H2,14,15,16,18,21). The van der Waals surface area contributed by atoms with Crippen molar-refractivity contribution in [2.24, 2.45) is 0 Å². The zero-order valence-corrected chi connectivity index (χ0v) is 11.2. The van der Waals surface area contributed by atoms with Crippen LogP contribution >= 0.6 is 0 Å². The van der Waals surface area contributed by atoms with Gasteiger partial charge in [0.15, 0.2) is 0 Å². The molecule has 0 aliphatic heterocycles. The quantitative estimate of drug-likeness (QED) is 0.578. The van der Waals surface area contributed by atoms with Crippen LogP contribution < -0.4 is 16.6 Å². The lowest BCUT2D eigenvalue weighted by Gasteiger charge is -2.09. The number of carboxylic acid groups (broad SMARTS) is 1. The molecule has 2 heterocycles. The summed E-state index contributed by atoms with van der Waals surface area (Å²) in [6.07, 6.45) is 0. The van der Waals surface area contributed by atoms with Crippen LogP contribution in [-0.2, 0) is 4.79 Å². The highest BCUT2D eigenvalue weighted by Gasteiger charge is 2.18. The fourth-order valence-electron chi connectivity index (χ4n) is 1.80. The first-order valence-corrected chi connectivity index (χ1v) is 5.97. The Hall–Kier alpha value is -2.97. The summed E-state index contributed by atoms with van der Waals surface area (Å²) >= 11 is 0. The van der Waals surface area contributed by atoms with Crippen molar-refractivity contribution in [3.8, 4) is 0 Å². The van der Waals surface area contributed by atoms with Crippen LogP contribution in [0.25, 0.3) is 11.0 Å². The molecule has 110 valence electrons. The summed E-state index contributed by atoms with van der Waals surface area (Å²) in [5.74, 6) is -1.90. The molecule has 1 atom stereocenters. The number of rotatable bonds is 3. The second kappa shape index (κ2) is 5.19. The minimum Gasteiger partial charge on any atom is -0.480 e. The minimum atomic E-state index is -1.19. The van der Waals surface area contributed by atoms with Gasteiger partial charge in [-0.25, -0.2) is 9.78 Å². The summed E-state index contributed by atoms with van der Waals surface area (Å²) in [5.41, 5.74) is -1.03. The molecule has 0 aliphatic rings. The van der Waals surface area contributed by atoms with Crippen LogP contribution in [0.3, 0.4) is 0 Å². The van der Waals surface area contributed by atoms with E-state index in [9.17, 15) is 19.2 Å². The van der Waals surface area contributed by atoms with Crippen LogP contribution in [-0.4, -0.2) is 38.0 Å². The number of nitrogens with zero attached hydrogens (tertiary/aromatic N) is 1. The maximum atomic E-state index is 11.9. The number of fused-ring (bicyclic) bond motifs is 1. The number of H-pyrrole nitrogens is 2. The fourth-order valence-corrected chi connectivity index (χ4v) is 1.80. The summed E-state index contributed by atoms with van der Waals surface area (Å²) < 4.78 is 0. The average molecular weight is 292 g/mol. The van der Waals surface area contributed by atoms with Crippen LogP contribution in [0.4, 0.5) is 0 Å². The third-order valence-corrected chi connectivity index (χ3v) is 2.85. The van der Waals surface area contributed by atoms with Gasteiger partial charge in [-0.1, -0.05) is 0 Å². The summed E-state index contributed by atoms with van der Waals surface area (Å²) in [4.78, 5) is 53.8. The summed E-state index contributed by atoms with van der Waals surface area (Å²) in [6, 6.07) is 0.258. The predicted molar refractivity (Wildman–Crippen MR) is 72.3 cm³/mol. The largest absolute Gasteiger partial charge is 0.480 e. The third kappa shape index (κ3) is 2.81. The lowest BCUT2D eigenvalue weighted by Crippen LogP contribution is -2.38. The first kappa shape index (κ1) is 14.4. The Morgan fingerprint density at radius 1 is 1.33 bits per heavy atom. The Morgan fingerprint density at radius 3 is 2.62 bits per heavy atom. The highest BCUT2D eigenvalue weighted by atomic mass is 16.4. The second-order valence-corrected chi connectivity index (χ2v) is 4.49. The van der Waals surface area contributed by atoms with E-state index in [2.05, 4.69) is 20.3 Å². The van der Waals surface area contributed by atoms with Gasteiger partial charge in [-0.15, -0.1) is 0 Å². The van der Waals surface area contributed by atoms with Crippen molar-refractivity contribution in [3.05, 3.63) is 38.2 Å². The molecular formula is C12H12N4O5. The first-order chi connectivity index (χ1) is 9.79. The number of pyridine rings is 1. The maximum absolute atomic E-state index is 11.9. The van der Waals surface area contributed by atoms with Gasteiger partial charge in [0, 0.05) is 0 Å². The second-order valence-electron chi connectivity index (χ2n) is 4.49. The Balaban J connectivity index is 2.52. The van der Waals surface area contributed by atoms with Crippen molar-refractivity contribution in [2.75, 3.05) is 0 Å². The smallest absolute Gasteiger partial charge is 0.327 e. The number of amides is 1. The lowest BCUT2D eigenvalue weighted by molar-refractivity contribution is -0.138. The Morgan fingerprint density at radius 2 is 2.00 bits per heavy atom. The van der Waals surface area contributed by atoms with Crippen molar-refractivity contribution in [2.45, 2.75) is 19.9 Å². The van der Waals surface area contributed by atoms with E-state index in [-0.39, 0.29) is 16.7 Å². The number of hydrogen-bond acceptors (Lipinski definition) is 5. The molecule has 0 saturated carbocycles. The molecule has 1 amide bonds. The number of nitrogens with one attached hydrogen (secondary N) is 3. The van der Waals surface area contributed by atoms with Crippen LogP contribution in [0, 0.1) is 6.92 Å². The van der Waals surface area contributed by atoms with Gasteiger partial charge in [0.1, 0.15) is 17.4 Å². The molecule has 2 aromatic heterocycles. The van der Waals surface area contributed by atoms with E-state index in [1.54, 1.807) is 6.92 Å². The number of hydrogen-bond donors (Lipinski definition) is 4. The molecule has 0 aromatic carbocycles. The van der Waals surface area contributed by atoms with Crippen molar-refractivity contribution < 1.29 is 14.7 Å². The van der Waals surface area contributed by atoms with Crippen molar-refractivity contribution in [1.29, 1.82) is 0 Å². The fraction of sp³-hybridized carbons (Fsp3) is 0.250. The maximum Gasteiger partial charge on any atom is 0.327 e. The molecule has 21 heavy (non-hydrogen) atoms. The Bertz CT molecular complexity index is 851. The van der Waals surface area contributed by atoms with Crippen LogP contribution in [0.2, 0.25) is 0 Å². The highest BCUT2D eigenvalue weighted by Crippen LogP contribution is 2.10. The number of carboxylic acids is 1. The molecule has 0 spiro atoms. The summed E-state index contributed by atoms with van der Waals surface area (Å²) in [5, 5.41) is 11.2. The number of aliphatic carboxylic acids is 1. The van der Waals surface area contributed by atoms with Gasteiger partial charge in [-0.05, 0) is 25.5 Å². The monoisotopic (exact) mass is 292 g/mol. The van der Waals surface area contributed by atoms with E-state index < -0.39 is 29.2 Å². The molecule has 0 bridgehead atoms. The summed E-state index contributed by atoms with van der Waals surface area (Å²) in [6.45, 7) is 2.88.